The molecule has 0 saturated carbocycles. The smallest absolute Gasteiger partial charge is 0.172 e. The average Bonchev–Trinajstić information content (AvgIpc) is 3.15. The monoisotopic (exact) mass is 694 g/mol. The molecule has 0 spiro atoms. The van der Waals surface area contributed by atoms with Crippen LogP contribution in [0.4, 0.5) is 0 Å². The van der Waals surface area contributed by atoms with E-state index in [2.05, 4.69) is 119 Å². The molecule has 11 atom stereocenters. The second kappa shape index (κ2) is 8.87. The van der Waals surface area contributed by atoms with Crippen LogP contribution in [0.25, 0.3) is 0 Å². The van der Waals surface area contributed by atoms with Gasteiger partial charge in [0.2, 0.25) is 0 Å². The molecule has 6 nitrogen and oxygen atoms in total. The molecule has 0 aromatic rings. The Balaban J connectivity index is 1.61. The predicted molar refractivity (Wildman–Crippen MR) is 192 cm³/mol. The molecule has 10 heteroatoms. The number of rotatable bonds is 6. The molecule has 9 aliphatic rings. The fourth-order valence-electron chi connectivity index (χ4n) is 13.1. The average molecular weight is 695 g/mol. The van der Waals surface area contributed by atoms with Crippen LogP contribution in [0.3, 0.4) is 0 Å². The van der Waals surface area contributed by atoms with Gasteiger partial charge in [-0.2, -0.15) is 0 Å². The van der Waals surface area contributed by atoms with E-state index in [1.807, 2.05) is 0 Å². The predicted octanol–water partition coefficient (Wildman–Crippen LogP) is 8.17. The Labute approximate surface area is 279 Å². The summed E-state index contributed by atoms with van der Waals surface area (Å²) in [5.41, 5.74) is 0.519. The van der Waals surface area contributed by atoms with Crippen LogP contribution in [0.2, 0.25) is 44.8 Å². The van der Waals surface area contributed by atoms with Crippen LogP contribution >= 0.6 is 18.5 Å². The van der Waals surface area contributed by atoms with E-state index in [1.165, 1.54) is 5.57 Å². The number of allylic oxidation sites excluding steroid dienone is 2. The van der Waals surface area contributed by atoms with Crippen LogP contribution in [-0.2, 0) is 28.4 Å². The summed E-state index contributed by atoms with van der Waals surface area (Å²) in [5, 5.41) is 1.67. The molecular formula is C35H60O6P2Si2. The summed E-state index contributed by atoms with van der Waals surface area (Å²) in [7, 11) is 2.70. The second-order valence-electron chi connectivity index (χ2n) is 19.5. The van der Waals surface area contributed by atoms with E-state index in [0.29, 0.717) is 31.2 Å². The lowest BCUT2D eigenvalue weighted by Gasteiger charge is -2.77. The van der Waals surface area contributed by atoms with E-state index in [4.69, 9.17) is 28.4 Å². The molecule has 0 N–H and O–H groups in total. The van der Waals surface area contributed by atoms with Crippen molar-refractivity contribution in [3.05, 3.63) is 22.4 Å². The molecule has 9 rings (SSSR count). The van der Waals surface area contributed by atoms with Crippen molar-refractivity contribution < 1.29 is 28.4 Å². The highest BCUT2D eigenvalue weighted by Crippen LogP contribution is 2.77. The van der Waals surface area contributed by atoms with Gasteiger partial charge in [0.05, 0.1) is 49.4 Å². The minimum atomic E-state index is -1.89. The van der Waals surface area contributed by atoms with E-state index in [-0.39, 0.29) is 0 Å². The topological polar surface area (TPSA) is 55.4 Å². The zero-order valence-electron chi connectivity index (χ0n) is 30.5. The van der Waals surface area contributed by atoms with Gasteiger partial charge in [-0.05, 0) is 84.4 Å². The molecule has 8 heterocycles. The molecule has 8 fully saturated rings. The van der Waals surface area contributed by atoms with Gasteiger partial charge in [-0.25, -0.2) is 0 Å². The van der Waals surface area contributed by atoms with Crippen molar-refractivity contribution >= 4 is 34.6 Å². The summed E-state index contributed by atoms with van der Waals surface area (Å²) >= 11 is 0. The van der Waals surface area contributed by atoms with Crippen LogP contribution in [0.15, 0.2) is 22.4 Å². The Morgan fingerprint density at radius 2 is 0.911 bits per heavy atom. The van der Waals surface area contributed by atoms with Crippen LogP contribution < -0.4 is 0 Å². The summed E-state index contributed by atoms with van der Waals surface area (Å²) in [5.74, 6) is -2.75. The van der Waals surface area contributed by atoms with Gasteiger partial charge in [-0.3, -0.25) is 0 Å². The molecule has 0 aromatic carbocycles. The third-order valence-electron chi connectivity index (χ3n) is 13.3. The van der Waals surface area contributed by atoms with Crippen molar-refractivity contribution in [2.24, 2.45) is 10.8 Å². The fourth-order valence-corrected chi connectivity index (χ4v) is 21.7. The normalized spacial score (nSPS) is 56.9. The first kappa shape index (κ1) is 34.0. The van der Waals surface area contributed by atoms with Gasteiger partial charge in [0.1, 0.15) is 0 Å². The van der Waals surface area contributed by atoms with Crippen LogP contribution in [0, 0.1) is 10.8 Å². The maximum absolute atomic E-state index is 7.30. The van der Waals surface area contributed by atoms with Crippen LogP contribution in [-0.4, -0.2) is 74.0 Å². The summed E-state index contributed by atoms with van der Waals surface area (Å²) in [6.45, 7) is 33.4. The Bertz CT molecular complexity index is 1340. The highest BCUT2D eigenvalue weighted by molar-refractivity contribution is 7.16. The summed E-state index contributed by atoms with van der Waals surface area (Å²) in [4.78, 5) is 0. The summed E-state index contributed by atoms with van der Waals surface area (Å²) in [6.07, 6.45) is 7.13. The fraction of sp³-hybridized carbons (Fsp3) is 0.886. The lowest BCUT2D eigenvalue weighted by atomic mass is 9.47. The lowest BCUT2D eigenvalue weighted by molar-refractivity contribution is -0.542. The molecular weight excluding hydrogens is 634 g/mol. The molecule has 0 amide bonds. The summed E-state index contributed by atoms with van der Waals surface area (Å²) < 4.78 is 42.3. The first-order chi connectivity index (χ1) is 20.2. The van der Waals surface area contributed by atoms with Crippen molar-refractivity contribution in [1.82, 2.24) is 0 Å². The van der Waals surface area contributed by atoms with E-state index in [1.54, 1.807) is 10.8 Å². The maximum Gasteiger partial charge on any atom is 0.172 e. The zero-order valence-corrected chi connectivity index (χ0v) is 34.8. The Morgan fingerprint density at radius 1 is 0.578 bits per heavy atom. The molecule has 8 aliphatic heterocycles. The van der Waals surface area contributed by atoms with Crippen LogP contribution in [0.1, 0.15) is 81.1 Å². The Hall–Kier alpha value is 0.534. The SMILES string of the molecule is CC12CC3(C)OC(C)(CC(C)(O1)C3(CP)C1=C(C3(CP)C4(C)CC5(C)OC(C)(CC3(C)O5)O4)C([Si](C)(C)C)C([Si](C)(C)C)=C1)O2. The van der Waals surface area contributed by atoms with E-state index in [9.17, 15) is 0 Å². The Morgan fingerprint density at radius 3 is 1.20 bits per heavy atom. The van der Waals surface area contributed by atoms with Gasteiger partial charge in [0.15, 0.2) is 23.1 Å². The van der Waals surface area contributed by atoms with Crippen molar-refractivity contribution in [3.8, 4) is 0 Å². The second-order valence-corrected chi connectivity index (χ2v) is 30.7. The van der Waals surface area contributed by atoms with E-state index >= 15 is 0 Å². The zero-order chi connectivity index (χ0) is 33.5. The van der Waals surface area contributed by atoms with Gasteiger partial charge in [-0.15, -0.1) is 18.5 Å². The quantitative estimate of drug-likeness (QED) is 0.207. The summed E-state index contributed by atoms with van der Waals surface area (Å²) in [6, 6.07) is 0. The van der Waals surface area contributed by atoms with E-state index in [0.717, 1.165) is 12.3 Å². The number of hydrogen-bond acceptors (Lipinski definition) is 6. The molecule has 254 valence electrons. The van der Waals surface area contributed by atoms with Crippen molar-refractivity contribution in [1.29, 1.82) is 0 Å². The minimum absolute atomic E-state index is 0.361. The van der Waals surface area contributed by atoms with Gasteiger partial charge in [0.25, 0.3) is 0 Å². The van der Waals surface area contributed by atoms with Gasteiger partial charge >= 0.3 is 0 Å². The maximum atomic E-state index is 7.30. The van der Waals surface area contributed by atoms with Gasteiger partial charge in [0, 0.05) is 25.7 Å². The number of hydrogen-bond donors (Lipinski definition) is 0. The highest BCUT2D eigenvalue weighted by atomic mass is 31.0. The molecule has 1 aliphatic carbocycles. The molecule has 8 saturated heterocycles. The third kappa shape index (κ3) is 3.97. The first-order valence-electron chi connectivity index (χ1n) is 17.2. The molecule has 0 radical (unpaired) electrons. The third-order valence-corrected chi connectivity index (χ3v) is 19.3. The minimum Gasteiger partial charge on any atom is -0.343 e. The molecule has 8 bridgehead atoms. The molecule has 0 aromatic heterocycles. The van der Waals surface area contributed by atoms with E-state index < -0.39 is 72.5 Å². The van der Waals surface area contributed by atoms with Crippen molar-refractivity contribution in [2.75, 3.05) is 12.3 Å². The first-order valence-corrected chi connectivity index (χ1v) is 26.0. The highest BCUT2D eigenvalue weighted by Gasteiger charge is 2.82. The lowest BCUT2D eigenvalue weighted by Crippen LogP contribution is -2.84. The van der Waals surface area contributed by atoms with Crippen molar-refractivity contribution in [3.63, 3.8) is 0 Å². The van der Waals surface area contributed by atoms with Crippen LogP contribution in [0.5, 0.6) is 0 Å². The van der Waals surface area contributed by atoms with Gasteiger partial charge < -0.3 is 28.4 Å². The van der Waals surface area contributed by atoms with Crippen molar-refractivity contribution in [2.45, 2.75) is 171 Å². The van der Waals surface area contributed by atoms with Gasteiger partial charge in [-0.1, -0.05) is 50.6 Å². The largest absolute Gasteiger partial charge is 0.343 e. The molecule has 45 heavy (non-hydrogen) atoms. The number of ether oxygens (including phenoxy) is 6. The Kier molecular flexibility index (Phi) is 6.70. The standard InChI is InChI=1S/C35H60O6P2Si2/c1-26-16-30(5)37-27(2,17-31(6,36-26)40-30)34(26,20-42)22-15-23(44(9,10)11)25(45(12,13)14)24(22)35(21-43)28(3)18-32(7)39-29(35,4)19-33(8,38-28)41-32/h15,25H,16-21,42-43H2,1-14H3. The molecule has 11 unspecified atom stereocenters.